The predicted molar refractivity (Wildman–Crippen MR) is 77.3 cm³/mol. The van der Waals surface area contributed by atoms with E-state index in [4.69, 9.17) is 17.4 Å². The van der Waals surface area contributed by atoms with Crippen molar-refractivity contribution in [3.8, 4) is 0 Å². The number of nitrogens with two attached hydrogens (primary N) is 1. The molecule has 0 heterocycles. The summed E-state index contributed by atoms with van der Waals surface area (Å²) < 4.78 is 13.5. The van der Waals surface area contributed by atoms with E-state index in [-0.39, 0.29) is 16.9 Å². The maximum Gasteiger partial charge on any atom is 0.142 e. The van der Waals surface area contributed by atoms with Crippen LogP contribution < -0.4 is 11.3 Å². The fourth-order valence-electron chi connectivity index (χ4n) is 3.00. The molecule has 106 valence electrons. The van der Waals surface area contributed by atoms with E-state index in [9.17, 15) is 4.39 Å². The Morgan fingerprint density at radius 2 is 2.05 bits per heavy atom. The Morgan fingerprint density at radius 3 is 2.74 bits per heavy atom. The third kappa shape index (κ3) is 3.91. The minimum absolute atomic E-state index is 0.0647. The zero-order valence-corrected chi connectivity index (χ0v) is 11.9. The smallest absolute Gasteiger partial charge is 0.142 e. The first-order chi connectivity index (χ1) is 9.22. The van der Waals surface area contributed by atoms with Crippen molar-refractivity contribution in [3.05, 3.63) is 34.6 Å². The van der Waals surface area contributed by atoms with Crippen molar-refractivity contribution < 1.29 is 4.39 Å². The molecule has 19 heavy (non-hydrogen) atoms. The molecule has 1 saturated carbocycles. The third-order valence-corrected chi connectivity index (χ3v) is 4.55. The van der Waals surface area contributed by atoms with Crippen molar-refractivity contribution in [2.24, 2.45) is 11.8 Å². The van der Waals surface area contributed by atoms with E-state index in [1.54, 1.807) is 6.07 Å². The van der Waals surface area contributed by atoms with Gasteiger partial charge in [0.1, 0.15) is 5.82 Å². The van der Waals surface area contributed by atoms with Gasteiger partial charge in [0.25, 0.3) is 0 Å². The number of hydrogen-bond donors (Lipinski definition) is 2. The molecule has 1 aliphatic carbocycles. The highest BCUT2D eigenvalue weighted by atomic mass is 35.5. The van der Waals surface area contributed by atoms with Crippen LogP contribution in [0.15, 0.2) is 18.2 Å². The van der Waals surface area contributed by atoms with Crippen LogP contribution >= 0.6 is 11.6 Å². The molecular weight excluding hydrogens is 263 g/mol. The molecule has 1 unspecified atom stereocenters. The number of hydrogen-bond acceptors (Lipinski definition) is 2. The fourth-order valence-corrected chi connectivity index (χ4v) is 3.25. The van der Waals surface area contributed by atoms with Gasteiger partial charge in [0, 0.05) is 6.04 Å². The van der Waals surface area contributed by atoms with E-state index in [0.29, 0.717) is 0 Å². The molecule has 1 atom stereocenters. The Labute approximate surface area is 119 Å². The summed E-state index contributed by atoms with van der Waals surface area (Å²) in [6.45, 7) is 0. The normalized spacial score (nSPS) is 18.5. The maximum absolute atomic E-state index is 13.5. The average Bonchev–Trinajstić information content (AvgIpc) is 2.45. The first-order valence-electron chi connectivity index (χ1n) is 7.12. The van der Waals surface area contributed by atoms with Crippen molar-refractivity contribution in [2.75, 3.05) is 0 Å². The minimum Gasteiger partial charge on any atom is -0.271 e. The van der Waals surface area contributed by atoms with E-state index < -0.39 is 0 Å². The highest BCUT2D eigenvalue weighted by Crippen LogP contribution is 2.32. The SMILES string of the molecule is NNC(CCC1CCCCC1)c1cccc(F)c1Cl. The van der Waals surface area contributed by atoms with Gasteiger partial charge < -0.3 is 0 Å². The van der Waals surface area contributed by atoms with Gasteiger partial charge in [0.05, 0.1) is 5.02 Å². The molecule has 0 radical (unpaired) electrons. The Balaban J connectivity index is 1.97. The lowest BCUT2D eigenvalue weighted by molar-refractivity contribution is 0.315. The third-order valence-electron chi connectivity index (χ3n) is 4.15. The second-order valence-corrected chi connectivity index (χ2v) is 5.82. The lowest BCUT2D eigenvalue weighted by atomic mass is 9.84. The van der Waals surface area contributed by atoms with E-state index in [2.05, 4.69) is 5.43 Å². The Bertz CT molecular complexity index is 405. The standard InChI is InChI=1S/C15H22ClFN2/c16-15-12(7-4-8-13(15)17)14(19-18)10-9-11-5-2-1-3-6-11/h4,7-8,11,14,19H,1-3,5-6,9-10,18H2. The topological polar surface area (TPSA) is 38.0 Å². The summed E-state index contributed by atoms with van der Waals surface area (Å²) in [5.74, 6) is 6.02. The number of rotatable bonds is 5. The number of halogens is 2. The van der Waals surface area contributed by atoms with Gasteiger partial charge in [-0.15, -0.1) is 0 Å². The van der Waals surface area contributed by atoms with Crippen LogP contribution in [0.4, 0.5) is 4.39 Å². The van der Waals surface area contributed by atoms with Gasteiger partial charge in [0.2, 0.25) is 0 Å². The van der Waals surface area contributed by atoms with Gasteiger partial charge >= 0.3 is 0 Å². The lowest BCUT2D eigenvalue weighted by Gasteiger charge is -2.24. The number of hydrazine groups is 1. The van der Waals surface area contributed by atoms with E-state index in [1.165, 1.54) is 38.2 Å². The van der Waals surface area contributed by atoms with Gasteiger partial charge in [-0.25, -0.2) is 4.39 Å². The van der Waals surface area contributed by atoms with Crippen molar-refractivity contribution >= 4 is 11.6 Å². The summed E-state index contributed by atoms with van der Waals surface area (Å²) in [6.07, 6.45) is 8.71. The Hall–Kier alpha value is -0.640. The zero-order chi connectivity index (χ0) is 13.7. The molecule has 0 bridgehead atoms. The molecular formula is C15H22ClFN2. The van der Waals surface area contributed by atoms with Gasteiger partial charge in [-0.05, 0) is 30.4 Å². The maximum atomic E-state index is 13.5. The average molecular weight is 285 g/mol. The molecule has 3 N–H and O–H groups in total. The van der Waals surface area contributed by atoms with Crippen LogP contribution in [0.5, 0.6) is 0 Å². The van der Waals surface area contributed by atoms with Crippen LogP contribution in [-0.4, -0.2) is 0 Å². The van der Waals surface area contributed by atoms with Gasteiger partial charge in [-0.2, -0.15) is 0 Å². The summed E-state index contributed by atoms with van der Waals surface area (Å²) in [4.78, 5) is 0. The summed E-state index contributed by atoms with van der Waals surface area (Å²) in [7, 11) is 0. The van der Waals surface area contributed by atoms with Gasteiger partial charge in [0.15, 0.2) is 0 Å². The van der Waals surface area contributed by atoms with E-state index in [0.717, 1.165) is 24.3 Å². The molecule has 1 aromatic carbocycles. The van der Waals surface area contributed by atoms with Crippen LogP contribution in [-0.2, 0) is 0 Å². The first-order valence-corrected chi connectivity index (χ1v) is 7.50. The number of benzene rings is 1. The second kappa shape index (κ2) is 7.22. The quantitative estimate of drug-likeness (QED) is 0.623. The Morgan fingerprint density at radius 1 is 1.32 bits per heavy atom. The number of nitrogens with one attached hydrogen (secondary N) is 1. The largest absolute Gasteiger partial charge is 0.271 e. The molecule has 0 aromatic heterocycles. The molecule has 0 saturated heterocycles. The summed E-state index contributed by atoms with van der Waals surface area (Å²) in [6, 6.07) is 4.84. The zero-order valence-electron chi connectivity index (χ0n) is 11.2. The van der Waals surface area contributed by atoms with Crippen LogP contribution in [0, 0.1) is 11.7 Å². The van der Waals surface area contributed by atoms with Crippen LogP contribution in [0.1, 0.15) is 56.6 Å². The minimum atomic E-state index is -0.378. The fraction of sp³-hybridized carbons (Fsp3) is 0.600. The summed E-state index contributed by atoms with van der Waals surface area (Å²) >= 11 is 6.02. The monoisotopic (exact) mass is 284 g/mol. The van der Waals surface area contributed by atoms with E-state index in [1.807, 2.05) is 6.07 Å². The highest BCUT2D eigenvalue weighted by Gasteiger charge is 2.19. The van der Waals surface area contributed by atoms with Crippen molar-refractivity contribution in [2.45, 2.75) is 51.0 Å². The van der Waals surface area contributed by atoms with Gasteiger partial charge in [-0.1, -0.05) is 55.8 Å². The van der Waals surface area contributed by atoms with Crippen LogP contribution in [0.25, 0.3) is 0 Å². The summed E-state index contributed by atoms with van der Waals surface area (Å²) in [5.41, 5.74) is 3.54. The lowest BCUT2D eigenvalue weighted by Crippen LogP contribution is -2.29. The van der Waals surface area contributed by atoms with E-state index >= 15 is 0 Å². The molecule has 4 heteroatoms. The van der Waals surface area contributed by atoms with Crippen molar-refractivity contribution in [3.63, 3.8) is 0 Å². The van der Waals surface area contributed by atoms with Crippen LogP contribution in [0.3, 0.4) is 0 Å². The Kier molecular flexibility index (Phi) is 5.61. The molecule has 1 aliphatic rings. The van der Waals surface area contributed by atoms with Crippen molar-refractivity contribution in [1.29, 1.82) is 0 Å². The van der Waals surface area contributed by atoms with Crippen molar-refractivity contribution in [1.82, 2.24) is 5.43 Å². The molecule has 1 aromatic rings. The molecule has 0 spiro atoms. The first kappa shape index (κ1) is 14.8. The van der Waals surface area contributed by atoms with Crippen LogP contribution in [0.2, 0.25) is 5.02 Å². The van der Waals surface area contributed by atoms with Gasteiger partial charge in [-0.3, -0.25) is 11.3 Å². The molecule has 0 aliphatic heterocycles. The molecule has 1 fully saturated rings. The molecule has 2 rings (SSSR count). The highest BCUT2D eigenvalue weighted by molar-refractivity contribution is 6.31. The summed E-state index contributed by atoms with van der Waals surface area (Å²) in [5, 5.41) is 0.189. The molecule has 0 amide bonds. The predicted octanol–water partition coefficient (Wildman–Crippen LogP) is 4.34. The second-order valence-electron chi connectivity index (χ2n) is 5.44. The molecule has 2 nitrogen and oxygen atoms in total.